The Labute approximate surface area is 145 Å². The fourth-order valence-electron chi connectivity index (χ4n) is 1.92. The third kappa shape index (κ3) is 3.89. The fraction of sp³-hybridized carbons (Fsp3) is 0.133. The number of nitro groups is 1. The maximum absolute atomic E-state index is 12.3. The first-order valence-electron chi connectivity index (χ1n) is 6.43. The van der Waals surface area contributed by atoms with Gasteiger partial charge in [-0.05, 0) is 46.9 Å². The Balaban J connectivity index is 2.23. The topological polar surface area (TPSA) is 90.7 Å². The number of halogens is 1. The van der Waals surface area contributed by atoms with Gasteiger partial charge in [0.2, 0.25) is 0 Å². The molecule has 1 amide bonds. The highest BCUT2D eigenvalue weighted by Gasteiger charge is 2.15. The molecule has 0 spiro atoms. The largest absolute Gasteiger partial charge is 0.493 e. The van der Waals surface area contributed by atoms with Crippen molar-refractivity contribution < 1.29 is 19.2 Å². The number of hydrogen-bond donors (Lipinski definition) is 1. The van der Waals surface area contributed by atoms with E-state index in [4.69, 9.17) is 9.47 Å². The van der Waals surface area contributed by atoms with Crippen LogP contribution in [-0.2, 0) is 0 Å². The summed E-state index contributed by atoms with van der Waals surface area (Å²) in [5.74, 6) is 0.658. The van der Waals surface area contributed by atoms with Crippen LogP contribution in [-0.4, -0.2) is 25.1 Å². The molecular weight excluding hydrogens is 415 g/mol. The average molecular weight is 428 g/mol. The van der Waals surface area contributed by atoms with Gasteiger partial charge in [-0.15, -0.1) is 0 Å². The predicted molar refractivity (Wildman–Crippen MR) is 93.3 cm³/mol. The van der Waals surface area contributed by atoms with Crippen molar-refractivity contribution in [2.45, 2.75) is 0 Å². The van der Waals surface area contributed by atoms with E-state index in [0.29, 0.717) is 22.7 Å². The van der Waals surface area contributed by atoms with Gasteiger partial charge in [-0.3, -0.25) is 14.9 Å². The van der Waals surface area contributed by atoms with Crippen LogP contribution in [0, 0.1) is 13.7 Å². The van der Waals surface area contributed by atoms with Gasteiger partial charge in [-0.25, -0.2) is 0 Å². The van der Waals surface area contributed by atoms with Gasteiger partial charge >= 0.3 is 0 Å². The molecule has 2 rings (SSSR count). The molecular formula is C15H13IN2O5. The van der Waals surface area contributed by atoms with E-state index >= 15 is 0 Å². The molecule has 0 heterocycles. The molecule has 0 atom stereocenters. The molecule has 2 aromatic carbocycles. The number of anilines is 1. The van der Waals surface area contributed by atoms with E-state index in [2.05, 4.69) is 27.9 Å². The van der Waals surface area contributed by atoms with E-state index in [1.165, 1.54) is 38.5 Å². The minimum Gasteiger partial charge on any atom is -0.493 e. The number of rotatable bonds is 5. The lowest BCUT2D eigenvalue weighted by Gasteiger charge is -2.12. The maximum atomic E-state index is 12.3. The Bertz CT molecular complexity index is 746. The minimum atomic E-state index is -0.498. The number of carbonyl (C=O) groups is 1. The van der Waals surface area contributed by atoms with Crippen molar-refractivity contribution in [1.82, 2.24) is 0 Å². The lowest BCUT2D eigenvalue weighted by molar-refractivity contribution is -0.384. The lowest BCUT2D eigenvalue weighted by atomic mass is 10.1. The third-order valence-electron chi connectivity index (χ3n) is 3.03. The van der Waals surface area contributed by atoms with E-state index in [1.54, 1.807) is 12.1 Å². The Morgan fingerprint density at radius 1 is 1.17 bits per heavy atom. The Kier molecular flexibility index (Phi) is 5.37. The molecule has 23 heavy (non-hydrogen) atoms. The first kappa shape index (κ1) is 17.0. The van der Waals surface area contributed by atoms with Crippen molar-refractivity contribution in [3.63, 3.8) is 0 Å². The smallest absolute Gasteiger partial charge is 0.269 e. The van der Waals surface area contributed by atoms with Gasteiger partial charge in [-0.1, -0.05) is 0 Å². The van der Waals surface area contributed by atoms with Crippen molar-refractivity contribution in [1.29, 1.82) is 0 Å². The van der Waals surface area contributed by atoms with Crippen LogP contribution in [0.2, 0.25) is 0 Å². The summed E-state index contributed by atoms with van der Waals surface area (Å²) in [5, 5.41) is 13.3. The number of nitrogens with one attached hydrogen (secondary N) is 1. The summed E-state index contributed by atoms with van der Waals surface area (Å²) in [7, 11) is 3.02. The number of nitro benzene ring substituents is 1. The van der Waals surface area contributed by atoms with Gasteiger partial charge in [0.25, 0.3) is 11.6 Å². The molecule has 0 unspecified atom stereocenters. The number of ether oxygens (including phenoxy) is 2. The molecule has 0 fully saturated rings. The molecule has 0 aliphatic rings. The minimum absolute atomic E-state index is 0.0383. The lowest BCUT2D eigenvalue weighted by Crippen LogP contribution is -2.12. The van der Waals surface area contributed by atoms with Gasteiger partial charge in [0.1, 0.15) is 0 Å². The second-order valence-electron chi connectivity index (χ2n) is 4.45. The second kappa shape index (κ2) is 7.27. The van der Waals surface area contributed by atoms with Crippen LogP contribution in [0.1, 0.15) is 10.4 Å². The highest BCUT2D eigenvalue weighted by atomic mass is 127. The molecule has 0 saturated carbocycles. The van der Waals surface area contributed by atoms with Crippen molar-refractivity contribution in [3.8, 4) is 11.5 Å². The summed E-state index contributed by atoms with van der Waals surface area (Å²) in [6, 6.07) is 8.84. The molecule has 1 N–H and O–H groups in total. The molecule has 0 aliphatic carbocycles. The van der Waals surface area contributed by atoms with E-state index < -0.39 is 4.92 Å². The zero-order valence-electron chi connectivity index (χ0n) is 12.3. The van der Waals surface area contributed by atoms with E-state index in [0.717, 1.165) is 3.57 Å². The van der Waals surface area contributed by atoms with Crippen LogP contribution in [0.4, 0.5) is 11.4 Å². The van der Waals surface area contributed by atoms with Gasteiger partial charge in [0.15, 0.2) is 11.5 Å². The van der Waals surface area contributed by atoms with Gasteiger partial charge in [0, 0.05) is 23.4 Å². The fourth-order valence-corrected chi connectivity index (χ4v) is 2.74. The maximum Gasteiger partial charge on any atom is 0.269 e. The standard InChI is InChI=1S/C15H13IN2O5/c1-22-13-8-9(7-12(16)14(13)23-2)15(19)17-10-3-5-11(6-4-10)18(20)21/h3-8H,1-2H3,(H,17,19). The molecule has 0 saturated heterocycles. The van der Waals surface area contributed by atoms with Crippen LogP contribution >= 0.6 is 22.6 Å². The third-order valence-corrected chi connectivity index (χ3v) is 3.83. The number of nitrogens with zero attached hydrogens (tertiary/aromatic N) is 1. The zero-order chi connectivity index (χ0) is 17.0. The number of non-ortho nitro benzene ring substituents is 1. The van der Waals surface area contributed by atoms with Crippen LogP contribution in [0.25, 0.3) is 0 Å². The summed E-state index contributed by atoms with van der Waals surface area (Å²) in [6.07, 6.45) is 0. The van der Waals surface area contributed by atoms with E-state index in [-0.39, 0.29) is 11.6 Å². The predicted octanol–water partition coefficient (Wildman–Crippen LogP) is 3.47. The summed E-state index contributed by atoms with van der Waals surface area (Å²) >= 11 is 2.05. The zero-order valence-corrected chi connectivity index (χ0v) is 14.5. The van der Waals surface area contributed by atoms with Crippen molar-refractivity contribution in [2.75, 3.05) is 19.5 Å². The molecule has 0 bridgehead atoms. The second-order valence-corrected chi connectivity index (χ2v) is 5.61. The van der Waals surface area contributed by atoms with Crippen molar-refractivity contribution in [2.24, 2.45) is 0 Å². The molecule has 0 aliphatic heterocycles. The van der Waals surface area contributed by atoms with Crippen LogP contribution in [0.3, 0.4) is 0 Å². The highest BCUT2D eigenvalue weighted by Crippen LogP contribution is 2.33. The Morgan fingerprint density at radius 2 is 1.83 bits per heavy atom. The molecule has 7 nitrogen and oxygen atoms in total. The Morgan fingerprint density at radius 3 is 2.35 bits per heavy atom. The molecule has 2 aromatic rings. The van der Waals surface area contributed by atoms with Crippen LogP contribution in [0.15, 0.2) is 36.4 Å². The number of hydrogen-bond acceptors (Lipinski definition) is 5. The van der Waals surface area contributed by atoms with E-state index in [1.807, 2.05) is 0 Å². The van der Waals surface area contributed by atoms with Crippen molar-refractivity contribution >= 4 is 39.9 Å². The quantitative estimate of drug-likeness (QED) is 0.448. The number of benzene rings is 2. The number of carbonyl (C=O) groups excluding carboxylic acids is 1. The van der Waals surface area contributed by atoms with Gasteiger partial charge in [-0.2, -0.15) is 0 Å². The van der Waals surface area contributed by atoms with Gasteiger partial charge in [0.05, 0.1) is 22.7 Å². The molecule has 0 radical (unpaired) electrons. The highest BCUT2D eigenvalue weighted by molar-refractivity contribution is 14.1. The van der Waals surface area contributed by atoms with Crippen molar-refractivity contribution in [3.05, 3.63) is 55.6 Å². The normalized spacial score (nSPS) is 10.0. The van der Waals surface area contributed by atoms with E-state index in [9.17, 15) is 14.9 Å². The first-order valence-corrected chi connectivity index (χ1v) is 7.51. The average Bonchev–Trinajstić information content (AvgIpc) is 2.54. The molecule has 8 heteroatoms. The molecule has 120 valence electrons. The Hall–Kier alpha value is -2.36. The summed E-state index contributed by atoms with van der Waals surface area (Å²) in [6.45, 7) is 0. The first-order chi connectivity index (χ1) is 11.0. The monoisotopic (exact) mass is 428 g/mol. The number of methoxy groups -OCH3 is 2. The van der Waals surface area contributed by atoms with Gasteiger partial charge < -0.3 is 14.8 Å². The summed E-state index contributed by atoms with van der Waals surface area (Å²) in [4.78, 5) is 22.4. The summed E-state index contributed by atoms with van der Waals surface area (Å²) < 4.78 is 11.2. The summed E-state index contributed by atoms with van der Waals surface area (Å²) in [5.41, 5.74) is 0.819. The SMILES string of the molecule is COc1cc(C(=O)Nc2ccc([N+](=O)[O-])cc2)cc(I)c1OC. The van der Waals surface area contributed by atoms with Crippen LogP contribution in [0.5, 0.6) is 11.5 Å². The molecule has 0 aromatic heterocycles. The number of amides is 1. The van der Waals surface area contributed by atoms with Crippen LogP contribution < -0.4 is 14.8 Å².